The van der Waals surface area contributed by atoms with Crippen LogP contribution in [-0.4, -0.2) is 26.4 Å². The molecule has 5 heteroatoms. The van der Waals surface area contributed by atoms with Crippen molar-refractivity contribution < 1.29 is 9.59 Å². The summed E-state index contributed by atoms with van der Waals surface area (Å²) in [5.41, 5.74) is 6.89. The molecule has 1 N–H and O–H groups in total. The number of carbonyl (C=O) groups is 2. The minimum atomic E-state index is -0.512. The van der Waals surface area contributed by atoms with Gasteiger partial charge in [0.15, 0.2) is 0 Å². The maximum Gasteiger partial charge on any atom is 0.263 e. The molecule has 2 aromatic carbocycles. The number of hydrogen-bond acceptors (Lipinski definition) is 4. The fourth-order valence-electron chi connectivity index (χ4n) is 3.46. The van der Waals surface area contributed by atoms with Gasteiger partial charge in [0.2, 0.25) is 6.41 Å². The van der Waals surface area contributed by atoms with Gasteiger partial charge in [0.1, 0.15) is 0 Å². The zero-order chi connectivity index (χ0) is 19.1. The molecule has 0 bridgehead atoms. The fraction of sp³-hybridized carbons (Fsp3) is 0.238. The molecule has 1 aliphatic carbocycles. The van der Waals surface area contributed by atoms with Gasteiger partial charge in [-0.25, -0.2) is 0 Å². The van der Waals surface area contributed by atoms with Crippen LogP contribution < -0.4 is 10.2 Å². The molecular weight excluding hydrogens is 344 g/mol. The van der Waals surface area contributed by atoms with E-state index in [1.54, 1.807) is 6.08 Å². The van der Waals surface area contributed by atoms with Crippen molar-refractivity contribution in [2.24, 2.45) is 0 Å². The molecule has 0 fully saturated rings. The van der Waals surface area contributed by atoms with Crippen LogP contribution in [0.5, 0.6) is 0 Å². The molecule has 0 unspecified atom stereocenters. The molecule has 26 heavy (non-hydrogen) atoms. The average molecular weight is 366 g/mol. The van der Waals surface area contributed by atoms with E-state index in [4.69, 9.17) is 0 Å². The predicted molar refractivity (Wildman–Crippen MR) is 110 cm³/mol. The number of thiol groups is 1. The lowest BCUT2D eigenvalue weighted by Gasteiger charge is -2.23. The van der Waals surface area contributed by atoms with Crippen LogP contribution in [0.3, 0.4) is 0 Å². The summed E-state index contributed by atoms with van der Waals surface area (Å²) >= 11 is 4.19. The number of imide groups is 1. The minimum Gasteiger partial charge on any atom is -0.378 e. The van der Waals surface area contributed by atoms with Crippen molar-refractivity contribution in [3.63, 3.8) is 0 Å². The molecule has 1 aliphatic rings. The van der Waals surface area contributed by atoms with E-state index in [1.807, 2.05) is 20.2 Å². The maximum atomic E-state index is 11.7. The van der Waals surface area contributed by atoms with E-state index in [2.05, 4.69) is 67.0 Å². The van der Waals surface area contributed by atoms with Crippen molar-refractivity contribution in [3.8, 4) is 11.1 Å². The van der Waals surface area contributed by atoms with Gasteiger partial charge in [-0.1, -0.05) is 38.1 Å². The number of benzene rings is 2. The van der Waals surface area contributed by atoms with E-state index >= 15 is 0 Å². The van der Waals surface area contributed by atoms with Crippen LogP contribution in [0.4, 0.5) is 5.69 Å². The number of hydrogen-bond donors (Lipinski definition) is 2. The van der Waals surface area contributed by atoms with Crippen molar-refractivity contribution in [2.45, 2.75) is 19.3 Å². The smallest absolute Gasteiger partial charge is 0.263 e. The first kappa shape index (κ1) is 18.3. The molecule has 0 saturated heterocycles. The number of amides is 2. The standard InChI is InChI=1S/C21H22N2O2S/c1-21(2)17-9-13(10-19(26)20(25)22-12-24)5-7-15(17)16-8-6-14(23(3)4)11-18(16)21/h5-12,26H,1-4H3,(H,22,24,25)/b19-10-. The summed E-state index contributed by atoms with van der Waals surface area (Å²) in [5.74, 6) is -0.512. The summed E-state index contributed by atoms with van der Waals surface area (Å²) in [5, 5.41) is 2.10. The lowest BCUT2D eigenvalue weighted by molar-refractivity contribution is -0.121. The van der Waals surface area contributed by atoms with Crippen molar-refractivity contribution >= 4 is 36.7 Å². The number of anilines is 1. The van der Waals surface area contributed by atoms with Gasteiger partial charge in [0.25, 0.3) is 5.91 Å². The number of rotatable bonds is 4. The number of fused-ring (bicyclic) bond motifs is 3. The summed E-state index contributed by atoms with van der Waals surface area (Å²) in [6.07, 6.45) is 2.03. The first-order valence-corrected chi connectivity index (χ1v) is 8.82. The second-order valence-electron chi connectivity index (χ2n) is 7.18. The lowest BCUT2D eigenvalue weighted by atomic mass is 9.82. The third kappa shape index (κ3) is 3.03. The highest BCUT2D eigenvalue weighted by atomic mass is 32.1. The Morgan fingerprint density at radius 2 is 1.69 bits per heavy atom. The van der Waals surface area contributed by atoms with Crippen LogP contribution in [0.1, 0.15) is 30.5 Å². The molecule has 134 valence electrons. The van der Waals surface area contributed by atoms with Gasteiger partial charge in [0, 0.05) is 25.2 Å². The van der Waals surface area contributed by atoms with E-state index < -0.39 is 5.91 Å². The second kappa shape index (κ2) is 6.65. The van der Waals surface area contributed by atoms with Gasteiger partial charge in [0.05, 0.1) is 4.91 Å². The molecule has 0 atom stereocenters. The molecule has 2 aromatic rings. The lowest BCUT2D eigenvalue weighted by Crippen LogP contribution is -2.21. The highest BCUT2D eigenvalue weighted by molar-refractivity contribution is 7.85. The first-order chi connectivity index (χ1) is 12.3. The first-order valence-electron chi connectivity index (χ1n) is 8.37. The van der Waals surface area contributed by atoms with Crippen LogP contribution in [0.25, 0.3) is 17.2 Å². The molecular formula is C21H22N2O2S. The Morgan fingerprint density at radius 1 is 1.08 bits per heavy atom. The predicted octanol–water partition coefficient (Wildman–Crippen LogP) is 3.60. The van der Waals surface area contributed by atoms with Crippen LogP contribution in [0.2, 0.25) is 0 Å². The van der Waals surface area contributed by atoms with E-state index in [9.17, 15) is 9.59 Å². The van der Waals surface area contributed by atoms with Gasteiger partial charge in [-0.05, 0) is 46.0 Å². The van der Waals surface area contributed by atoms with Gasteiger partial charge in [-0.15, -0.1) is 12.6 Å². The number of nitrogens with one attached hydrogen (secondary N) is 1. The zero-order valence-electron chi connectivity index (χ0n) is 15.3. The van der Waals surface area contributed by atoms with E-state index in [-0.39, 0.29) is 10.3 Å². The summed E-state index contributed by atoms with van der Waals surface area (Å²) in [7, 11) is 4.08. The van der Waals surface area contributed by atoms with Gasteiger partial charge >= 0.3 is 0 Å². The van der Waals surface area contributed by atoms with Crippen LogP contribution in [0, 0.1) is 0 Å². The fourth-order valence-corrected chi connectivity index (χ4v) is 3.68. The van der Waals surface area contributed by atoms with E-state index in [0.29, 0.717) is 6.41 Å². The molecule has 4 nitrogen and oxygen atoms in total. The van der Waals surface area contributed by atoms with Gasteiger partial charge in [-0.3, -0.25) is 14.9 Å². The Labute approximate surface area is 159 Å². The summed E-state index contributed by atoms with van der Waals surface area (Å²) in [6.45, 7) is 4.43. The van der Waals surface area contributed by atoms with Gasteiger partial charge in [-0.2, -0.15) is 0 Å². The second-order valence-corrected chi connectivity index (χ2v) is 7.66. The molecule has 0 aromatic heterocycles. The summed E-state index contributed by atoms with van der Waals surface area (Å²) in [4.78, 5) is 24.4. The van der Waals surface area contributed by atoms with E-state index in [1.165, 1.54) is 27.9 Å². The highest BCUT2D eigenvalue weighted by Crippen LogP contribution is 2.49. The van der Waals surface area contributed by atoms with Crippen LogP contribution in [-0.2, 0) is 15.0 Å². The van der Waals surface area contributed by atoms with Gasteiger partial charge < -0.3 is 4.90 Å². The molecule has 3 rings (SSSR count). The molecule has 0 heterocycles. The summed E-state index contributed by atoms with van der Waals surface area (Å²) in [6, 6.07) is 12.7. The maximum absolute atomic E-state index is 11.7. The Hall–Kier alpha value is -2.53. The average Bonchev–Trinajstić information content (AvgIpc) is 2.82. The molecule has 0 saturated carbocycles. The normalized spacial score (nSPS) is 14.4. The zero-order valence-corrected chi connectivity index (χ0v) is 16.2. The number of nitrogens with zero attached hydrogens (tertiary/aromatic N) is 1. The van der Waals surface area contributed by atoms with Crippen LogP contribution >= 0.6 is 12.6 Å². The molecule has 0 radical (unpaired) electrons. The Bertz CT molecular complexity index is 930. The van der Waals surface area contributed by atoms with Crippen molar-refractivity contribution in [3.05, 3.63) is 58.0 Å². The third-order valence-electron chi connectivity index (χ3n) is 4.93. The van der Waals surface area contributed by atoms with Crippen molar-refractivity contribution in [1.29, 1.82) is 0 Å². The topological polar surface area (TPSA) is 49.4 Å². The quantitative estimate of drug-likeness (QED) is 0.494. The summed E-state index contributed by atoms with van der Waals surface area (Å²) < 4.78 is 0. The monoisotopic (exact) mass is 366 g/mol. The molecule has 0 spiro atoms. The van der Waals surface area contributed by atoms with Crippen LogP contribution in [0.15, 0.2) is 41.3 Å². The van der Waals surface area contributed by atoms with Crippen molar-refractivity contribution in [2.75, 3.05) is 19.0 Å². The molecule has 0 aliphatic heterocycles. The van der Waals surface area contributed by atoms with Crippen molar-refractivity contribution in [1.82, 2.24) is 5.32 Å². The third-order valence-corrected chi connectivity index (χ3v) is 5.26. The number of carbonyl (C=O) groups excluding carboxylic acids is 2. The SMILES string of the molecule is CN(C)c1ccc2c(c1)C(C)(C)c1cc(/C=C(\S)C(=O)NC=O)ccc1-2. The Balaban J connectivity index is 2.06. The molecule has 2 amide bonds. The Morgan fingerprint density at radius 3 is 2.31 bits per heavy atom. The van der Waals surface area contributed by atoms with E-state index in [0.717, 1.165) is 5.56 Å². The Kier molecular flexibility index (Phi) is 4.67. The minimum absolute atomic E-state index is 0.137. The largest absolute Gasteiger partial charge is 0.378 e. The highest BCUT2D eigenvalue weighted by Gasteiger charge is 2.35.